The van der Waals surface area contributed by atoms with Gasteiger partial charge in [0.1, 0.15) is 0 Å². The molecule has 0 aromatic heterocycles. The van der Waals surface area contributed by atoms with Gasteiger partial charge in [0.15, 0.2) is 0 Å². The Morgan fingerprint density at radius 2 is 1.17 bits per heavy atom. The number of ether oxygens (including phenoxy) is 3. The molecule has 0 atom stereocenters. The molecule has 0 rings (SSSR count). The number of esters is 3. The first-order chi connectivity index (χ1) is 16.7. The van der Waals surface area contributed by atoms with Crippen molar-refractivity contribution in [3.8, 4) is 0 Å². The third-order valence-corrected chi connectivity index (χ3v) is 4.89. The molecule has 1 radical (unpaired) electrons. The Kier molecular flexibility index (Phi) is 29.6. The molecule has 0 aromatic rings. The summed E-state index contributed by atoms with van der Waals surface area (Å²) in [6, 6.07) is 0. The second-order valence-electron chi connectivity index (χ2n) is 7.40. The number of likely N-dealkylation sites (N-methyl/N-ethyl adjacent to an activating group) is 1. The molecule has 0 heterocycles. The van der Waals surface area contributed by atoms with Gasteiger partial charge in [0.2, 0.25) is 5.91 Å². The van der Waals surface area contributed by atoms with Crippen LogP contribution in [0, 0.1) is 0 Å². The Labute approximate surface area is 262 Å². The normalized spacial score (nSPS) is 9.92. The molecular weight excluding hydrogens is 779 g/mol. The molecule has 36 heavy (non-hydrogen) atoms. The van der Waals surface area contributed by atoms with Crippen LogP contribution in [-0.2, 0) is 70.9 Å². The number of amides is 2. The van der Waals surface area contributed by atoms with Gasteiger partial charge in [-0.1, -0.05) is 13.3 Å². The number of nitrogens with zero attached hydrogens (tertiary/aromatic N) is 4. The predicted octanol–water partition coefficient (Wildman–Crippen LogP) is 0.506. The van der Waals surface area contributed by atoms with E-state index in [2.05, 4.69) is 42.0 Å². The first-order valence-corrected chi connectivity index (χ1v) is 17.1. The zero-order valence-electron chi connectivity index (χ0n) is 21.7. The number of unbranched alkanes of at least 4 members (excludes halogenated alkanes) is 1. The van der Waals surface area contributed by atoms with Gasteiger partial charge in [-0.25, -0.2) is 0 Å². The minimum Gasteiger partial charge on any atom is -0.520 e. The molecule has 0 aliphatic heterocycles. The van der Waals surface area contributed by atoms with E-state index in [0.29, 0.717) is 13.1 Å². The van der Waals surface area contributed by atoms with Gasteiger partial charge in [-0.05, 0) is 6.42 Å². The molecule has 0 aliphatic carbocycles. The summed E-state index contributed by atoms with van der Waals surface area (Å²) in [6.45, 7) is 3.16. The van der Waals surface area contributed by atoms with Crippen LogP contribution in [-0.4, -0.2) is 137 Å². The molecule has 0 fully saturated rings. The summed E-state index contributed by atoms with van der Waals surface area (Å²) in [4.78, 5) is 64.8. The van der Waals surface area contributed by atoms with Crippen LogP contribution >= 0.6 is 37.2 Å². The van der Waals surface area contributed by atoms with E-state index in [1.165, 1.54) is 21.3 Å². The summed E-state index contributed by atoms with van der Waals surface area (Å²) in [6.07, 6.45) is 3.49. The molecule has 0 bridgehead atoms. The Hall–Kier alpha value is -0.166. The zero-order valence-corrected chi connectivity index (χ0v) is 28.8. The van der Waals surface area contributed by atoms with Crippen molar-refractivity contribution in [3.63, 3.8) is 0 Å². The molecule has 0 aliphatic rings. The molecule has 0 aromatic carbocycles. The van der Waals surface area contributed by atoms with Crippen LogP contribution in [0.15, 0.2) is 0 Å². The largest absolute Gasteiger partial charge is 0.520 e. The average molecular weight is 816 g/mol. The number of methoxy groups -OCH3 is 3. The van der Waals surface area contributed by atoms with E-state index in [9.17, 15) is 24.0 Å². The number of hydrogen-bond donors (Lipinski definition) is 0. The van der Waals surface area contributed by atoms with E-state index in [1.807, 2.05) is 6.92 Å². The fraction of sp³-hybridized carbons (Fsp3) is 0.762. The van der Waals surface area contributed by atoms with Crippen LogP contribution in [0.5, 0.6) is 0 Å². The van der Waals surface area contributed by atoms with Gasteiger partial charge in [0, 0.05) is 110 Å². The van der Waals surface area contributed by atoms with Crippen LogP contribution < -0.4 is 0 Å². The quantitative estimate of drug-likeness (QED) is 0.0636. The predicted molar refractivity (Wildman–Crippen MR) is 147 cm³/mol. The summed E-state index contributed by atoms with van der Waals surface area (Å²) in [5.41, 5.74) is 0. The summed E-state index contributed by atoms with van der Waals surface area (Å²) in [5.74, 6) is -1.70. The molecule has 0 saturated carbocycles. The topological polar surface area (TPSA) is 126 Å². The molecule has 0 N–H and O–H groups in total. The van der Waals surface area contributed by atoms with Gasteiger partial charge in [0.25, 0.3) is 0 Å². The van der Waals surface area contributed by atoms with Crippen LogP contribution in [0.25, 0.3) is 0 Å². The molecule has 2 amide bonds. The second kappa shape index (κ2) is 26.4. The van der Waals surface area contributed by atoms with Crippen molar-refractivity contribution in [2.45, 2.75) is 19.8 Å². The Morgan fingerprint density at radius 3 is 1.64 bits per heavy atom. The molecule has 207 valence electrons. The third kappa shape index (κ3) is 20.8. The van der Waals surface area contributed by atoms with Crippen molar-refractivity contribution in [2.24, 2.45) is 0 Å². The van der Waals surface area contributed by atoms with E-state index in [-0.39, 0.29) is 84.4 Å². The van der Waals surface area contributed by atoms with Crippen molar-refractivity contribution in [3.05, 3.63) is 0 Å². The van der Waals surface area contributed by atoms with Gasteiger partial charge >= 0.3 is 17.9 Å². The molecule has 0 saturated heterocycles. The Bertz CT molecular complexity index is 649. The van der Waals surface area contributed by atoms with Crippen molar-refractivity contribution < 1.29 is 70.9 Å². The number of hydrogen-bond acceptors (Lipinski definition) is 10. The third-order valence-electron chi connectivity index (χ3n) is 4.89. The molecular formula is C21H37I2N4O8Y-. The van der Waals surface area contributed by atoms with Gasteiger partial charge in [-0.15, -0.1) is 0 Å². The van der Waals surface area contributed by atoms with E-state index in [4.69, 9.17) is 9.47 Å². The number of carbonyl (C=O) groups is 4. The summed E-state index contributed by atoms with van der Waals surface area (Å²) < 4.78 is 14.0. The fourth-order valence-electron chi connectivity index (χ4n) is 2.73. The summed E-state index contributed by atoms with van der Waals surface area (Å²) >= 11 is 4.24. The maximum atomic E-state index is 12.5. The van der Waals surface area contributed by atoms with Gasteiger partial charge in [-0.3, -0.25) is 29.0 Å². The fourth-order valence-corrected chi connectivity index (χ4v) is 2.73. The van der Waals surface area contributed by atoms with E-state index < -0.39 is 17.9 Å². The minimum atomic E-state index is -0.590. The average Bonchev–Trinajstić information content (AvgIpc) is 2.87. The summed E-state index contributed by atoms with van der Waals surface area (Å²) in [5, 5.41) is 0. The monoisotopic (exact) mass is 816 g/mol. The van der Waals surface area contributed by atoms with E-state index in [0.717, 1.165) is 17.7 Å². The standard InChI is InChI=1S/C21H37N4O8.I2.Y/c1-6-7-8-22(2)18(27)13-24(15-20(29)32-4)11-9-23(14-19(28)31-3)10-12-25(17-26)16-21(30)33-5;1-2;/h6-16H2,1-5H3;;/q-1;;. The Morgan fingerprint density at radius 1 is 0.722 bits per heavy atom. The maximum Gasteiger partial charge on any atom is 0.322 e. The molecule has 12 nitrogen and oxygen atoms in total. The number of carbonyl (C=O) groups excluding carboxylic acids is 5. The van der Waals surface area contributed by atoms with Crippen molar-refractivity contribution in [1.82, 2.24) is 19.6 Å². The first kappa shape index (κ1) is 40.3. The first-order valence-electron chi connectivity index (χ1n) is 10.9. The van der Waals surface area contributed by atoms with Gasteiger partial charge in [0.05, 0.1) is 47.5 Å². The van der Waals surface area contributed by atoms with E-state index >= 15 is 0 Å². The smallest absolute Gasteiger partial charge is 0.322 e. The number of halogens is 2. The van der Waals surface area contributed by atoms with Crippen molar-refractivity contribution in [2.75, 3.05) is 87.3 Å². The zero-order chi connectivity index (χ0) is 27.2. The van der Waals surface area contributed by atoms with Crippen LogP contribution in [0.1, 0.15) is 19.8 Å². The SMILES string of the molecule is CCCCN(C)C(=O)CN(CCN(CCN([C-]=O)CC(=O)OC)CC(=O)OC)CC(=O)OC.II.[Y]. The van der Waals surface area contributed by atoms with Crippen LogP contribution in [0.4, 0.5) is 0 Å². The maximum absolute atomic E-state index is 12.5. The molecule has 0 spiro atoms. The summed E-state index contributed by atoms with van der Waals surface area (Å²) in [7, 11) is 5.46. The second-order valence-corrected chi connectivity index (χ2v) is 7.40. The molecule has 0 unspecified atom stereocenters. The van der Waals surface area contributed by atoms with Crippen LogP contribution in [0.2, 0.25) is 0 Å². The Balaban J connectivity index is -0.00000353. The van der Waals surface area contributed by atoms with Gasteiger partial charge < -0.3 is 28.8 Å². The van der Waals surface area contributed by atoms with Crippen LogP contribution in [0.3, 0.4) is 0 Å². The van der Waals surface area contributed by atoms with Crippen molar-refractivity contribution in [1.29, 1.82) is 0 Å². The van der Waals surface area contributed by atoms with Crippen molar-refractivity contribution >= 4 is 67.5 Å². The minimum absolute atomic E-state index is 0. The number of rotatable bonds is 18. The van der Waals surface area contributed by atoms with Gasteiger partial charge in [-0.2, -0.15) is 6.41 Å². The molecule has 15 heteroatoms. The van der Waals surface area contributed by atoms with E-state index in [1.54, 1.807) is 28.2 Å².